The molecule has 3 aromatic rings. The normalized spacial score (nSPS) is 13.4. The predicted molar refractivity (Wildman–Crippen MR) is 108 cm³/mol. The average Bonchev–Trinajstić information content (AvgIpc) is 3.46. The number of rotatable bonds is 7. The molecule has 9 heteroatoms. The summed E-state index contributed by atoms with van der Waals surface area (Å²) in [6.45, 7) is 1.80. The number of hydrogen-bond donors (Lipinski definition) is 1. The number of amides is 1. The number of carbonyl (C=O) groups is 2. The fourth-order valence-electron chi connectivity index (χ4n) is 2.84. The van der Waals surface area contributed by atoms with Gasteiger partial charge in [-0.1, -0.05) is 24.3 Å². The van der Waals surface area contributed by atoms with Crippen molar-refractivity contribution < 1.29 is 14.3 Å². The van der Waals surface area contributed by atoms with E-state index >= 15 is 0 Å². The summed E-state index contributed by atoms with van der Waals surface area (Å²) in [5.74, 6) is -0.222. The van der Waals surface area contributed by atoms with Crippen molar-refractivity contribution >= 4 is 33.9 Å². The van der Waals surface area contributed by atoms with Crippen LogP contribution < -0.4 is 10.9 Å². The van der Waals surface area contributed by atoms with Crippen molar-refractivity contribution in [1.82, 2.24) is 14.6 Å². The molecular formula is C20H20N4O4S. The molecule has 0 atom stereocenters. The van der Waals surface area contributed by atoms with Crippen LogP contribution in [-0.4, -0.2) is 26.5 Å². The number of anilines is 1. The van der Waals surface area contributed by atoms with Gasteiger partial charge in [-0.25, -0.2) is 9.78 Å². The van der Waals surface area contributed by atoms with Crippen LogP contribution in [0.25, 0.3) is 4.96 Å². The van der Waals surface area contributed by atoms with Crippen molar-refractivity contribution in [2.75, 3.05) is 5.32 Å². The van der Waals surface area contributed by atoms with Gasteiger partial charge in [0, 0.05) is 24.1 Å². The Morgan fingerprint density at radius 1 is 1.31 bits per heavy atom. The molecule has 1 amide bonds. The highest BCUT2D eigenvalue weighted by molar-refractivity contribution is 7.16. The van der Waals surface area contributed by atoms with Gasteiger partial charge in [0.05, 0.1) is 11.3 Å². The molecule has 1 fully saturated rings. The van der Waals surface area contributed by atoms with Gasteiger partial charge < -0.3 is 10.1 Å². The van der Waals surface area contributed by atoms with E-state index in [0.717, 1.165) is 24.3 Å². The summed E-state index contributed by atoms with van der Waals surface area (Å²) in [6.07, 6.45) is 3.35. The molecule has 150 valence electrons. The molecule has 0 saturated heterocycles. The summed E-state index contributed by atoms with van der Waals surface area (Å²) in [4.78, 5) is 41.3. The molecule has 1 N–H and O–H groups in total. The first-order valence-corrected chi connectivity index (χ1v) is 10.3. The number of nitrogens with zero attached hydrogens (tertiary/aromatic N) is 3. The quantitative estimate of drug-likeness (QED) is 0.598. The Hall–Kier alpha value is -3.07. The van der Waals surface area contributed by atoms with Crippen LogP contribution in [-0.2, 0) is 16.1 Å². The van der Waals surface area contributed by atoms with Gasteiger partial charge >= 0.3 is 5.97 Å². The molecule has 8 nitrogen and oxygen atoms in total. The highest BCUT2D eigenvalue weighted by Gasteiger charge is 2.28. The Bertz CT molecular complexity index is 1130. The number of hydrogen-bond acceptors (Lipinski definition) is 7. The number of aromatic nitrogens is 3. The van der Waals surface area contributed by atoms with E-state index in [1.165, 1.54) is 21.9 Å². The average molecular weight is 412 g/mol. The third-order valence-electron chi connectivity index (χ3n) is 4.45. The maximum Gasteiger partial charge on any atom is 0.338 e. The third kappa shape index (κ3) is 4.51. The van der Waals surface area contributed by atoms with Crippen LogP contribution in [0.15, 0.2) is 35.1 Å². The smallest absolute Gasteiger partial charge is 0.338 e. The van der Waals surface area contributed by atoms with Crippen molar-refractivity contribution in [3.63, 3.8) is 0 Å². The second kappa shape index (κ2) is 8.12. The molecule has 0 bridgehead atoms. The summed E-state index contributed by atoms with van der Waals surface area (Å²) in [5.41, 5.74) is 0.936. The van der Waals surface area contributed by atoms with Crippen LogP contribution in [0.5, 0.6) is 0 Å². The van der Waals surface area contributed by atoms with E-state index < -0.39 is 5.97 Å². The molecule has 1 saturated carbocycles. The zero-order valence-corrected chi connectivity index (χ0v) is 16.7. The highest BCUT2D eigenvalue weighted by Crippen LogP contribution is 2.41. The Morgan fingerprint density at radius 2 is 2.14 bits per heavy atom. The van der Waals surface area contributed by atoms with Crippen LogP contribution in [0.3, 0.4) is 0 Å². The van der Waals surface area contributed by atoms with E-state index in [9.17, 15) is 14.4 Å². The second-order valence-corrected chi connectivity index (χ2v) is 7.94. The van der Waals surface area contributed by atoms with Gasteiger partial charge in [-0.05, 0) is 37.5 Å². The number of nitrogens with one attached hydrogen (secondary N) is 1. The Labute approximate surface area is 170 Å². The zero-order chi connectivity index (χ0) is 20.4. The minimum absolute atomic E-state index is 0.105. The van der Waals surface area contributed by atoms with Crippen LogP contribution in [0.2, 0.25) is 0 Å². The lowest BCUT2D eigenvalue weighted by Crippen LogP contribution is -2.17. The first-order chi connectivity index (χ1) is 14.0. The first-order valence-electron chi connectivity index (χ1n) is 9.50. The van der Waals surface area contributed by atoms with Gasteiger partial charge in [-0.2, -0.15) is 9.61 Å². The fourth-order valence-corrected chi connectivity index (χ4v) is 3.93. The van der Waals surface area contributed by atoms with Gasteiger partial charge in [0.2, 0.25) is 10.9 Å². The van der Waals surface area contributed by atoms with Gasteiger partial charge in [-0.3, -0.25) is 9.59 Å². The van der Waals surface area contributed by atoms with E-state index in [4.69, 9.17) is 4.74 Å². The highest BCUT2D eigenvalue weighted by atomic mass is 32.1. The molecule has 1 aliphatic carbocycles. The molecular weight excluding hydrogens is 392 g/mol. The number of carbonyl (C=O) groups excluding carboxylic acids is 2. The largest absolute Gasteiger partial charge is 0.456 e. The van der Waals surface area contributed by atoms with Crippen molar-refractivity contribution in [2.45, 2.75) is 45.1 Å². The summed E-state index contributed by atoms with van der Waals surface area (Å²) in [7, 11) is 0. The molecule has 4 rings (SSSR count). The topological polar surface area (TPSA) is 103 Å². The van der Waals surface area contributed by atoms with Crippen molar-refractivity contribution in [2.24, 2.45) is 0 Å². The maximum atomic E-state index is 12.4. The lowest BCUT2D eigenvalue weighted by atomic mass is 10.2. The molecule has 0 unspecified atom stereocenters. The molecule has 1 aromatic carbocycles. The van der Waals surface area contributed by atoms with Crippen LogP contribution in [0.1, 0.15) is 59.6 Å². The monoisotopic (exact) mass is 412 g/mol. The standard InChI is InChI=1S/C20H20N4O4S/c1-2-4-16(25)21-14-6-3-5-13(9-14)19(27)28-11-15-10-17(26)24-20(22-15)29-18(23-24)12-7-8-12/h3,5-6,9-10,12H,2,4,7-8,11H2,1H3,(H,21,25). The molecule has 1 aliphatic rings. The van der Waals surface area contributed by atoms with E-state index in [0.29, 0.717) is 34.2 Å². The van der Waals surface area contributed by atoms with Crippen LogP contribution >= 0.6 is 11.3 Å². The van der Waals surface area contributed by atoms with Crippen LogP contribution in [0, 0.1) is 0 Å². The summed E-state index contributed by atoms with van der Waals surface area (Å²) in [6, 6.07) is 7.88. The van der Waals surface area contributed by atoms with Gasteiger partial charge in [0.15, 0.2) is 0 Å². The zero-order valence-electron chi connectivity index (χ0n) is 15.9. The first kappa shape index (κ1) is 19.3. The summed E-state index contributed by atoms with van der Waals surface area (Å²) in [5, 5.41) is 7.99. The lowest BCUT2D eigenvalue weighted by Gasteiger charge is -2.07. The third-order valence-corrected chi connectivity index (χ3v) is 5.52. The lowest BCUT2D eigenvalue weighted by molar-refractivity contribution is -0.116. The minimum atomic E-state index is -0.554. The number of fused-ring (bicyclic) bond motifs is 1. The number of benzene rings is 1. The molecule has 29 heavy (non-hydrogen) atoms. The Morgan fingerprint density at radius 3 is 2.90 bits per heavy atom. The molecule has 0 spiro atoms. The van der Waals surface area contributed by atoms with E-state index in [1.807, 2.05) is 6.92 Å². The Balaban J connectivity index is 1.44. The van der Waals surface area contributed by atoms with Crippen molar-refractivity contribution in [1.29, 1.82) is 0 Å². The number of ether oxygens (including phenoxy) is 1. The molecule has 0 radical (unpaired) electrons. The van der Waals surface area contributed by atoms with Crippen LogP contribution in [0.4, 0.5) is 5.69 Å². The molecule has 2 heterocycles. The van der Waals surface area contributed by atoms with E-state index in [1.54, 1.807) is 24.3 Å². The van der Waals surface area contributed by atoms with Gasteiger partial charge in [0.1, 0.15) is 11.6 Å². The van der Waals surface area contributed by atoms with E-state index in [-0.39, 0.29) is 18.1 Å². The van der Waals surface area contributed by atoms with Gasteiger partial charge in [0.25, 0.3) is 5.56 Å². The number of esters is 1. The Kier molecular flexibility index (Phi) is 5.39. The molecule has 2 aromatic heterocycles. The van der Waals surface area contributed by atoms with E-state index in [2.05, 4.69) is 15.4 Å². The second-order valence-electron chi connectivity index (χ2n) is 6.95. The maximum absolute atomic E-state index is 12.4. The van der Waals surface area contributed by atoms with Gasteiger partial charge in [-0.15, -0.1) is 0 Å². The fraction of sp³-hybridized carbons (Fsp3) is 0.350. The molecule has 0 aliphatic heterocycles. The minimum Gasteiger partial charge on any atom is -0.456 e. The van der Waals surface area contributed by atoms with Crippen molar-refractivity contribution in [3.8, 4) is 0 Å². The summed E-state index contributed by atoms with van der Waals surface area (Å²) >= 11 is 1.40. The SMILES string of the molecule is CCCC(=O)Nc1cccc(C(=O)OCc2cc(=O)n3nc(C4CC4)sc3n2)c1. The summed E-state index contributed by atoms with van der Waals surface area (Å²) < 4.78 is 6.61. The predicted octanol–water partition coefficient (Wildman–Crippen LogP) is 3.12. The van der Waals surface area contributed by atoms with Crippen molar-refractivity contribution in [3.05, 3.63) is 57.0 Å².